The Kier molecular flexibility index (Phi) is 3.62. The Morgan fingerprint density at radius 3 is 1.52 bits per heavy atom. The molecule has 0 atom stereocenters. The third-order valence-electron chi connectivity index (χ3n) is 5.90. The van der Waals surface area contributed by atoms with E-state index in [1.807, 2.05) is 6.07 Å². The minimum Gasteiger partial charge on any atom is -0.0837 e. The van der Waals surface area contributed by atoms with E-state index in [1.165, 1.54) is 49.9 Å². The first-order valence-electron chi connectivity index (χ1n) is 9.83. The number of hydrogen-bond donors (Lipinski definition) is 0. The quantitative estimate of drug-likeness (QED) is 0.279. The van der Waals surface area contributed by atoms with Crippen LogP contribution in [0.25, 0.3) is 55.3 Å². The lowest BCUT2D eigenvalue weighted by Gasteiger charge is -2.15. The van der Waals surface area contributed by atoms with E-state index in [2.05, 4.69) is 97.1 Å². The van der Waals surface area contributed by atoms with Gasteiger partial charge in [0, 0.05) is 10.4 Å². The summed E-state index contributed by atoms with van der Waals surface area (Å²) in [6.07, 6.45) is 0. The molecule has 136 valence electrons. The van der Waals surface area contributed by atoms with Crippen LogP contribution < -0.4 is 0 Å². The van der Waals surface area contributed by atoms with Crippen LogP contribution in [0.5, 0.6) is 0 Å². The summed E-state index contributed by atoms with van der Waals surface area (Å²) in [5, 5.41) is 3.19. The van der Waals surface area contributed by atoms with Crippen molar-refractivity contribution in [2.75, 3.05) is 0 Å². The van der Waals surface area contributed by atoms with Gasteiger partial charge in [0.2, 0.25) is 0 Å². The molecule has 5 aromatic rings. The summed E-state index contributed by atoms with van der Waals surface area (Å²) < 4.78 is 0. The van der Waals surface area contributed by atoms with E-state index in [0.29, 0.717) is 0 Å². The number of halogens is 1. The van der Waals surface area contributed by atoms with Crippen LogP contribution in [-0.2, 0) is 0 Å². The minimum atomic E-state index is 0.806. The van der Waals surface area contributed by atoms with Gasteiger partial charge in [-0.1, -0.05) is 109 Å². The van der Waals surface area contributed by atoms with E-state index in [4.69, 9.17) is 11.6 Å². The zero-order valence-electron chi connectivity index (χ0n) is 15.7. The van der Waals surface area contributed by atoms with E-state index in [9.17, 15) is 0 Å². The summed E-state index contributed by atoms with van der Waals surface area (Å²) in [6, 6.07) is 36.5. The highest BCUT2D eigenvalue weighted by Gasteiger charge is 2.27. The Balaban J connectivity index is 1.78. The number of rotatable bonds is 2. The molecule has 0 aliphatic heterocycles. The molecule has 0 saturated carbocycles. The van der Waals surface area contributed by atoms with Crippen molar-refractivity contribution in [3.63, 3.8) is 0 Å². The molecule has 0 heterocycles. The van der Waals surface area contributed by atoms with Gasteiger partial charge in [-0.25, -0.2) is 0 Å². The summed E-state index contributed by atoms with van der Waals surface area (Å²) in [4.78, 5) is 0. The highest BCUT2D eigenvalue weighted by molar-refractivity contribution is 6.37. The largest absolute Gasteiger partial charge is 0.0837 e. The Hall–Kier alpha value is -3.35. The van der Waals surface area contributed by atoms with Gasteiger partial charge in [0.05, 0.1) is 0 Å². The first kappa shape index (κ1) is 16.6. The molecule has 6 rings (SSSR count). The lowest BCUT2D eigenvalue weighted by molar-refractivity contribution is 1.59. The molecule has 0 spiro atoms. The lowest BCUT2D eigenvalue weighted by atomic mass is 9.88. The molecule has 0 unspecified atom stereocenters. The van der Waals surface area contributed by atoms with Crippen molar-refractivity contribution in [2.24, 2.45) is 0 Å². The summed E-state index contributed by atoms with van der Waals surface area (Å²) in [7, 11) is 0. The monoisotopic (exact) mass is 388 g/mol. The first-order chi connectivity index (χ1) is 14.3. The fourth-order valence-corrected chi connectivity index (χ4v) is 4.89. The van der Waals surface area contributed by atoms with Gasteiger partial charge in [0.25, 0.3) is 0 Å². The van der Waals surface area contributed by atoms with Crippen molar-refractivity contribution in [1.82, 2.24) is 0 Å². The van der Waals surface area contributed by atoms with Crippen LogP contribution in [0.3, 0.4) is 0 Å². The Morgan fingerprint density at radius 2 is 0.931 bits per heavy atom. The number of benzene rings is 5. The van der Waals surface area contributed by atoms with Crippen molar-refractivity contribution in [1.29, 1.82) is 0 Å². The van der Waals surface area contributed by atoms with E-state index in [1.54, 1.807) is 0 Å². The fourth-order valence-electron chi connectivity index (χ4n) is 4.67. The van der Waals surface area contributed by atoms with Gasteiger partial charge >= 0.3 is 0 Å². The smallest absolute Gasteiger partial charge is 0.0485 e. The van der Waals surface area contributed by atoms with Crippen LogP contribution in [0.1, 0.15) is 0 Å². The molecule has 0 bridgehead atoms. The van der Waals surface area contributed by atoms with Gasteiger partial charge in [0.15, 0.2) is 0 Å². The molecule has 0 aromatic heterocycles. The third kappa shape index (κ3) is 2.40. The summed E-state index contributed by atoms with van der Waals surface area (Å²) >= 11 is 6.59. The maximum absolute atomic E-state index is 6.59. The fraction of sp³-hybridized carbons (Fsp3) is 0. The second-order valence-electron chi connectivity index (χ2n) is 7.47. The predicted molar refractivity (Wildman–Crippen MR) is 124 cm³/mol. The zero-order valence-corrected chi connectivity index (χ0v) is 16.4. The molecule has 0 N–H and O–H groups in total. The van der Waals surface area contributed by atoms with Gasteiger partial charge in [-0.3, -0.25) is 0 Å². The van der Waals surface area contributed by atoms with E-state index in [0.717, 1.165) is 10.4 Å². The maximum Gasteiger partial charge on any atom is 0.0485 e. The van der Waals surface area contributed by atoms with Crippen LogP contribution in [0.15, 0.2) is 103 Å². The van der Waals surface area contributed by atoms with Gasteiger partial charge in [-0.05, 0) is 56.0 Å². The molecule has 0 fully saturated rings. The molecule has 0 saturated heterocycles. The van der Waals surface area contributed by atoms with Crippen molar-refractivity contribution in [3.05, 3.63) is 108 Å². The Labute approximate surface area is 175 Å². The van der Waals surface area contributed by atoms with Crippen molar-refractivity contribution < 1.29 is 0 Å². The highest BCUT2D eigenvalue weighted by Crippen LogP contribution is 2.55. The SMILES string of the molecule is Clc1ccc2c3c(cccc13)-c1c(-c3ccccc3)ccc(-c3ccccc3)c1-2. The average Bonchev–Trinajstić information content (AvgIpc) is 3.13. The van der Waals surface area contributed by atoms with Crippen molar-refractivity contribution in [3.8, 4) is 44.5 Å². The Bertz CT molecular complexity index is 1310. The minimum absolute atomic E-state index is 0.806. The van der Waals surface area contributed by atoms with Gasteiger partial charge < -0.3 is 0 Å². The summed E-state index contributed by atoms with van der Waals surface area (Å²) in [5.41, 5.74) is 10.2. The number of hydrogen-bond acceptors (Lipinski definition) is 0. The summed E-state index contributed by atoms with van der Waals surface area (Å²) in [5.74, 6) is 0. The first-order valence-corrected chi connectivity index (χ1v) is 10.2. The van der Waals surface area contributed by atoms with Crippen molar-refractivity contribution >= 4 is 22.4 Å². The molecule has 1 aliphatic rings. The predicted octanol–water partition coefficient (Wildman–Crippen LogP) is 8.47. The van der Waals surface area contributed by atoms with Gasteiger partial charge in [-0.15, -0.1) is 0 Å². The molecule has 0 radical (unpaired) electrons. The highest BCUT2D eigenvalue weighted by atomic mass is 35.5. The molecule has 1 aliphatic carbocycles. The van der Waals surface area contributed by atoms with Crippen LogP contribution in [0.4, 0.5) is 0 Å². The van der Waals surface area contributed by atoms with Crippen LogP contribution in [-0.4, -0.2) is 0 Å². The number of fused-ring (bicyclic) bond motifs is 3. The Morgan fingerprint density at radius 1 is 0.414 bits per heavy atom. The van der Waals surface area contributed by atoms with E-state index >= 15 is 0 Å². The zero-order chi connectivity index (χ0) is 19.4. The molecule has 0 nitrogen and oxygen atoms in total. The summed E-state index contributed by atoms with van der Waals surface area (Å²) in [6.45, 7) is 0. The van der Waals surface area contributed by atoms with Crippen molar-refractivity contribution in [2.45, 2.75) is 0 Å². The molecule has 5 aromatic carbocycles. The van der Waals surface area contributed by atoms with Crippen LogP contribution in [0, 0.1) is 0 Å². The second-order valence-corrected chi connectivity index (χ2v) is 7.87. The maximum atomic E-state index is 6.59. The molecular formula is C28H17Cl. The molecular weight excluding hydrogens is 372 g/mol. The van der Waals surface area contributed by atoms with Gasteiger partial charge in [-0.2, -0.15) is 0 Å². The van der Waals surface area contributed by atoms with Crippen LogP contribution >= 0.6 is 11.6 Å². The second kappa shape index (κ2) is 6.34. The van der Waals surface area contributed by atoms with E-state index < -0.39 is 0 Å². The third-order valence-corrected chi connectivity index (χ3v) is 6.23. The van der Waals surface area contributed by atoms with Crippen LogP contribution in [0.2, 0.25) is 5.02 Å². The topological polar surface area (TPSA) is 0 Å². The molecule has 1 heteroatoms. The molecule has 0 amide bonds. The molecule has 29 heavy (non-hydrogen) atoms. The average molecular weight is 389 g/mol. The lowest BCUT2D eigenvalue weighted by Crippen LogP contribution is -1.89. The van der Waals surface area contributed by atoms with Gasteiger partial charge in [0.1, 0.15) is 0 Å². The standard InChI is InChI=1S/C28H17Cl/c29-25-17-16-24-26-22(25)12-7-13-23(26)27-20(18-8-3-1-4-9-18)14-15-21(28(24)27)19-10-5-2-6-11-19/h1-17H. The normalized spacial score (nSPS) is 11.6. The van der Waals surface area contributed by atoms with E-state index in [-0.39, 0.29) is 0 Å².